The molecule has 0 radical (unpaired) electrons. The first-order valence-electron chi connectivity index (χ1n) is 5.52. The summed E-state index contributed by atoms with van der Waals surface area (Å²) in [4.78, 5) is 24.3. The zero-order chi connectivity index (χ0) is 15.1. The number of aliphatic carboxylic acids is 1. The summed E-state index contributed by atoms with van der Waals surface area (Å²) < 4.78 is 4.96. The predicted molar refractivity (Wildman–Crippen MR) is 67.1 cm³/mol. The summed E-state index contributed by atoms with van der Waals surface area (Å²) in [6, 6.07) is 4.13. The van der Waals surface area contributed by atoms with Crippen molar-refractivity contribution in [3.63, 3.8) is 0 Å². The fourth-order valence-electron chi connectivity index (χ4n) is 1.43. The van der Waals surface area contributed by atoms with Gasteiger partial charge in [0, 0.05) is 19.7 Å². The van der Waals surface area contributed by atoms with E-state index in [9.17, 15) is 14.9 Å². The molecular formula is C11H12N4O5. The Kier molecular flexibility index (Phi) is 5.37. The number of hydrogen-bond donors (Lipinski definition) is 2. The van der Waals surface area contributed by atoms with Crippen LogP contribution in [0.1, 0.15) is 12.1 Å². The van der Waals surface area contributed by atoms with Crippen molar-refractivity contribution in [1.82, 2.24) is 4.98 Å². The number of nitro groups is 1. The summed E-state index contributed by atoms with van der Waals surface area (Å²) in [6.45, 7) is 0.151. The highest BCUT2D eigenvalue weighted by Gasteiger charge is 2.16. The standard InChI is InChI=1S/C11H12N4O5/c1-20-7(4-11(16)17)6-13-10-3-2-9(15(18)19)8(5-12)14-10/h2-3,7H,4,6H2,1H3,(H,13,14)(H,16,17). The smallest absolute Gasteiger partial charge is 0.306 e. The summed E-state index contributed by atoms with van der Waals surface area (Å²) in [5.41, 5.74) is -0.695. The molecule has 9 heteroatoms. The Morgan fingerprint density at radius 1 is 1.70 bits per heavy atom. The molecule has 0 fully saturated rings. The maximum atomic E-state index is 10.6. The second-order valence-corrected chi connectivity index (χ2v) is 3.77. The lowest BCUT2D eigenvalue weighted by atomic mass is 10.2. The van der Waals surface area contributed by atoms with E-state index < -0.39 is 17.0 Å². The van der Waals surface area contributed by atoms with Gasteiger partial charge in [0.15, 0.2) is 0 Å². The van der Waals surface area contributed by atoms with Crippen molar-refractivity contribution in [2.45, 2.75) is 12.5 Å². The molecule has 0 aliphatic carbocycles. The number of carbonyl (C=O) groups is 1. The fraction of sp³-hybridized carbons (Fsp3) is 0.364. The molecule has 20 heavy (non-hydrogen) atoms. The normalized spacial score (nSPS) is 11.4. The van der Waals surface area contributed by atoms with E-state index in [1.54, 1.807) is 6.07 Å². The molecule has 1 atom stereocenters. The molecule has 1 rings (SSSR count). The maximum absolute atomic E-state index is 10.6. The lowest BCUT2D eigenvalue weighted by Crippen LogP contribution is -2.25. The molecule has 9 nitrogen and oxygen atoms in total. The van der Waals surface area contributed by atoms with Gasteiger partial charge in [-0.3, -0.25) is 14.9 Å². The van der Waals surface area contributed by atoms with Gasteiger partial charge in [0.2, 0.25) is 5.69 Å². The minimum atomic E-state index is -1.01. The van der Waals surface area contributed by atoms with Crippen molar-refractivity contribution in [3.8, 4) is 6.07 Å². The van der Waals surface area contributed by atoms with Gasteiger partial charge in [-0.15, -0.1) is 0 Å². The summed E-state index contributed by atoms with van der Waals surface area (Å²) >= 11 is 0. The highest BCUT2D eigenvalue weighted by molar-refractivity contribution is 5.67. The van der Waals surface area contributed by atoms with Crippen LogP contribution in [0.25, 0.3) is 0 Å². The highest BCUT2D eigenvalue weighted by atomic mass is 16.6. The third-order valence-electron chi connectivity index (χ3n) is 2.42. The Bertz CT molecular complexity index is 554. The van der Waals surface area contributed by atoms with E-state index >= 15 is 0 Å². The number of hydrogen-bond acceptors (Lipinski definition) is 7. The molecule has 2 N–H and O–H groups in total. The monoisotopic (exact) mass is 280 g/mol. The number of nitrogens with zero attached hydrogens (tertiary/aromatic N) is 3. The van der Waals surface area contributed by atoms with Crippen LogP contribution in [0.4, 0.5) is 11.5 Å². The Morgan fingerprint density at radius 2 is 2.40 bits per heavy atom. The number of rotatable bonds is 7. The topological polar surface area (TPSA) is 138 Å². The first-order chi connectivity index (χ1) is 9.47. The summed E-state index contributed by atoms with van der Waals surface area (Å²) in [6.07, 6.45) is -0.767. The molecule has 0 saturated heterocycles. The predicted octanol–water partition coefficient (Wildman–Crippen LogP) is 0.763. The Morgan fingerprint density at radius 3 is 2.90 bits per heavy atom. The van der Waals surface area contributed by atoms with Gasteiger partial charge in [0.25, 0.3) is 0 Å². The summed E-state index contributed by atoms with van der Waals surface area (Å²) in [7, 11) is 1.37. The van der Waals surface area contributed by atoms with Crippen LogP contribution < -0.4 is 5.32 Å². The SMILES string of the molecule is COC(CNc1ccc([N+](=O)[O-])c(C#N)n1)CC(=O)O. The van der Waals surface area contributed by atoms with Gasteiger partial charge in [0.1, 0.15) is 11.9 Å². The van der Waals surface area contributed by atoms with Crippen molar-refractivity contribution in [1.29, 1.82) is 5.26 Å². The number of aromatic nitrogens is 1. The van der Waals surface area contributed by atoms with Crippen molar-refractivity contribution < 1.29 is 19.6 Å². The van der Waals surface area contributed by atoms with Crippen LogP contribution in [-0.2, 0) is 9.53 Å². The van der Waals surface area contributed by atoms with Gasteiger partial charge < -0.3 is 15.2 Å². The van der Waals surface area contributed by atoms with E-state index in [1.165, 1.54) is 13.2 Å². The quantitative estimate of drug-likeness (QED) is 0.551. The van der Waals surface area contributed by atoms with Crippen LogP contribution in [0.5, 0.6) is 0 Å². The molecular weight excluding hydrogens is 268 g/mol. The molecule has 0 aliphatic heterocycles. The number of nitriles is 1. The van der Waals surface area contributed by atoms with Gasteiger partial charge in [-0.25, -0.2) is 4.98 Å². The number of methoxy groups -OCH3 is 1. The Balaban J connectivity index is 2.76. The third-order valence-corrected chi connectivity index (χ3v) is 2.42. The van der Waals surface area contributed by atoms with Crippen molar-refractivity contribution >= 4 is 17.5 Å². The molecule has 0 saturated carbocycles. The fourth-order valence-corrected chi connectivity index (χ4v) is 1.43. The number of carboxylic acid groups (broad SMARTS) is 1. The minimum absolute atomic E-state index is 0.151. The van der Waals surface area contributed by atoms with Gasteiger partial charge in [-0.2, -0.15) is 5.26 Å². The summed E-state index contributed by atoms with van der Waals surface area (Å²) in [5, 5.41) is 30.8. The molecule has 1 unspecified atom stereocenters. The minimum Gasteiger partial charge on any atom is -0.481 e. The van der Waals surface area contributed by atoms with Gasteiger partial charge in [-0.05, 0) is 6.07 Å². The molecule has 1 aromatic heterocycles. The molecule has 0 aliphatic rings. The zero-order valence-electron chi connectivity index (χ0n) is 10.6. The molecule has 0 aromatic carbocycles. The first kappa shape index (κ1) is 15.3. The van der Waals surface area contributed by atoms with Gasteiger partial charge in [-0.1, -0.05) is 0 Å². The molecule has 0 spiro atoms. The summed E-state index contributed by atoms with van der Waals surface area (Å²) in [5.74, 6) is -0.771. The average molecular weight is 280 g/mol. The van der Waals surface area contributed by atoms with Crippen LogP contribution in [0, 0.1) is 21.4 Å². The molecule has 1 aromatic rings. The van der Waals surface area contributed by atoms with Crippen molar-refractivity contribution in [2.24, 2.45) is 0 Å². The molecule has 0 bridgehead atoms. The lowest BCUT2D eigenvalue weighted by molar-refractivity contribution is -0.385. The van der Waals surface area contributed by atoms with E-state index in [2.05, 4.69) is 10.3 Å². The van der Waals surface area contributed by atoms with Gasteiger partial charge >= 0.3 is 11.7 Å². The highest BCUT2D eigenvalue weighted by Crippen LogP contribution is 2.18. The average Bonchev–Trinajstić information content (AvgIpc) is 2.42. The van der Waals surface area contributed by atoms with Crippen LogP contribution >= 0.6 is 0 Å². The Labute approximate surface area is 114 Å². The van der Waals surface area contributed by atoms with E-state index in [0.29, 0.717) is 0 Å². The number of anilines is 1. The van der Waals surface area contributed by atoms with Crippen LogP contribution in [-0.4, -0.2) is 40.7 Å². The van der Waals surface area contributed by atoms with E-state index in [-0.39, 0.29) is 30.2 Å². The van der Waals surface area contributed by atoms with Gasteiger partial charge in [0.05, 0.1) is 17.4 Å². The lowest BCUT2D eigenvalue weighted by Gasteiger charge is -2.14. The number of nitrogens with one attached hydrogen (secondary N) is 1. The first-order valence-corrected chi connectivity index (χ1v) is 5.52. The second-order valence-electron chi connectivity index (χ2n) is 3.77. The van der Waals surface area contributed by atoms with Crippen LogP contribution in [0.15, 0.2) is 12.1 Å². The number of carboxylic acids is 1. The van der Waals surface area contributed by atoms with Crippen molar-refractivity contribution in [2.75, 3.05) is 19.0 Å². The van der Waals surface area contributed by atoms with Crippen molar-refractivity contribution in [3.05, 3.63) is 27.9 Å². The largest absolute Gasteiger partial charge is 0.481 e. The number of pyridine rings is 1. The maximum Gasteiger partial charge on any atom is 0.306 e. The molecule has 0 amide bonds. The Hall–Kier alpha value is -2.73. The van der Waals surface area contributed by atoms with E-state index in [0.717, 1.165) is 6.07 Å². The molecule has 106 valence electrons. The van der Waals surface area contributed by atoms with Crippen LogP contribution in [0.3, 0.4) is 0 Å². The van der Waals surface area contributed by atoms with Crippen LogP contribution in [0.2, 0.25) is 0 Å². The zero-order valence-corrected chi connectivity index (χ0v) is 10.6. The third kappa shape index (κ3) is 4.18. The number of ether oxygens (including phenoxy) is 1. The molecule has 1 heterocycles. The van der Waals surface area contributed by atoms with E-state index in [1.807, 2.05) is 0 Å². The second kappa shape index (κ2) is 7.01. The van der Waals surface area contributed by atoms with E-state index in [4.69, 9.17) is 15.1 Å².